The first-order chi connectivity index (χ1) is 14.6. The zero-order chi connectivity index (χ0) is 22.6. The van der Waals surface area contributed by atoms with Crippen LogP contribution >= 0.6 is 12.0 Å². The third kappa shape index (κ3) is 6.64. The van der Waals surface area contributed by atoms with Gasteiger partial charge in [0.1, 0.15) is 11.3 Å². The van der Waals surface area contributed by atoms with E-state index in [0.717, 1.165) is 35.7 Å². The van der Waals surface area contributed by atoms with Gasteiger partial charge < -0.3 is 24.5 Å². The molecule has 3 N–H and O–H groups in total. The van der Waals surface area contributed by atoms with E-state index in [-0.39, 0.29) is 18.0 Å². The van der Waals surface area contributed by atoms with Gasteiger partial charge in [-0.15, -0.1) is 0 Å². The first-order valence-corrected chi connectivity index (χ1v) is 11.8. The summed E-state index contributed by atoms with van der Waals surface area (Å²) in [7, 11) is 0. The number of aromatic amines is 1. The van der Waals surface area contributed by atoms with Crippen LogP contribution in [-0.4, -0.2) is 47.5 Å². The Morgan fingerprint density at radius 1 is 1.16 bits per heavy atom. The Hall–Kier alpha value is -2.19. The lowest BCUT2D eigenvalue weighted by atomic mass is 9.82. The molecule has 1 saturated carbocycles. The van der Waals surface area contributed by atoms with Crippen molar-refractivity contribution in [2.45, 2.75) is 64.6 Å². The molecule has 1 heterocycles. The predicted molar refractivity (Wildman–Crippen MR) is 124 cm³/mol. The van der Waals surface area contributed by atoms with Crippen LogP contribution in [0.3, 0.4) is 0 Å². The first-order valence-electron chi connectivity index (χ1n) is 10.7. The molecule has 0 aliphatic heterocycles. The van der Waals surface area contributed by atoms with E-state index in [0.29, 0.717) is 18.2 Å². The Kier molecular flexibility index (Phi) is 7.54. The van der Waals surface area contributed by atoms with Crippen LogP contribution in [0.2, 0.25) is 0 Å². The van der Waals surface area contributed by atoms with E-state index < -0.39 is 11.7 Å². The molecule has 0 radical (unpaired) electrons. The van der Waals surface area contributed by atoms with E-state index in [4.69, 9.17) is 8.92 Å². The highest BCUT2D eigenvalue weighted by atomic mass is 32.2. The topological polar surface area (TPSA) is 92.5 Å². The highest BCUT2D eigenvalue weighted by molar-refractivity contribution is 7.93. The molecule has 1 aromatic heterocycles. The summed E-state index contributed by atoms with van der Waals surface area (Å²) in [5, 5.41) is 7.10. The van der Waals surface area contributed by atoms with Gasteiger partial charge in [-0.25, -0.2) is 4.79 Å². The Morgan fingerprint density at radius 2 is 1.94 bits per heavy atom. The Bertz CT molecular complexity index is 921. The lowest BCUT2D eigenvalue weighted by Gasteiger charge is -2.37. The average molecular weight is 448 g/mol. The van der Waals surface area contributed by atoms with Crippen molar-refractivity contribution in [1.29, 1.82) is 0 Å². The molecular weight excluding hydrogens is 414 g/mol. The van der Waals surface area contributed by atoms with Gasteiger partial charge in [-0.1, -0.05) is 11.6 Å². The molecule has 1 fully saturated rings. The molecule has 3 atom stereocenters. The van der Waals surface area contributed by atoms with Crippen LogP contribution in [-0.2, 0) is 8.92 Å². The number of benzene rings is 1. The number of ether oxygens (including phenoxy) is 1. The molecular formula is C23H33N3O4S. The van der Waals surface area contributed by atoms with Crippen molar-refractivity contribution in [2.24, 2.45) is 5.92 Å². The molecule has 0 bridgehead atoms. The second-order valence-corrected chi connectivity index (χ2v) is 9.81. The molecule has 8 heteroatoms. The van der Waals surface area contributed by atoms with Crippen LogP contribution in [0.25, 0.3) is 10.9 Å². The maximum atomic E-state index is 13.0. The minimum atomic E-state index is -0.582. The monoisotopic (exact) mass is 447 g/mol. The molecule has 31 heavy (non-hydrogen) atoms. The van der Waals surface area contributed by atoms with Gasteiger partial charge in [-0.05, 0) is 83.1 Å². The van der Waals surface area contributed by atoms with Crippen molar-refractivity contribution >= 4 is 34.9 Å². The van der Waals surface area contributed by atoms with Crippen LogP contribution in [0.4, 0.5) is 4.79 Å². The number of aromatic nitrogens is 1. The number of rotatable bonds is 6. The van der Waals surface area contributed by atoms with E-state index in [1.807, 2.05) is 58.2 Å². The van der Waals surface area contributed by atoms with Crippen LogP contribution in [0, 0.1) is 12.8 Å². The third-order valence-corrected chi connectivity index (χ3v) is 5.79. The summed E-state index contributed by atoms with van der Waals surface area (Å²) < 4.78 is 11.0. The van der Waals surface area contributed by atoms with Crippen molar-refractivity contribution in [3.63, 3.8) is 0 Å². The fourth-order valence-electron chi connectivity index (χ4n) is 3.99. The summed E-state index contributed by atoms with van der Waals surface area (Å²) in [6.07, 6.45) is 3.82. The number of hydrogen-bond donors (Lipinski definition) is 3. The fraction of sp³-hybridized carbons (Fsp3) is 0.565. The Labute approximate surface area is 188 Å². The third-order valence-electron chi connectivity index (χ3n) is 5.42. The summed E-state index contributed by atoms with van der Waals surface area (Å²) in [6, 6.07) is 7.50. The Morgan fingerprint density at radius 3 is 2.65 bits per heavy atom. The van der Waals surface area contributed by atoms with E-state index in [2.05, 4.69) is 15.6 Å². The first kappa shape index (κ1) is 23.5. The van der Waals surface area contributed by atoms with Crippen molar-refractivity contribution in [2.75, 3.05) is 12.9 Å². The zero-order valence-electron chi connectivity index (χ0n) is 18.9. The number of carbonyl (C=O) groups is 2. The molecule has 7 nitrogen and oxygen atoms in total. The highest BCUT2D eigenvalue weighted by Crippen LogP contribution is 2.27. The summed E-state index contributed by atoms with van der Waals surface area (Å²) in [6.45, 7) is 8.15. The van der Waals surface area contributed by atoms with Gasteiger partial charge >= 0.3 is 6.09 Å². The number of fused-ring (bicyclic) bond motifs is 1. The van der Waals surface area contributed by atoms with Crippen LogP contribution < -0.4 is 10.6 Å². The van der Waals surface area contributed by atoms with E-state index >= 15 is 0 Å². The lowest BCUT2D eigenvalue weighted by Crippen LogP contribution is -2.55. The molecule has 1 aliphatic carbocycles. The number of alkyl carbamates (subject to hydrolysis) is 1. The number of H-pyrrole nitrogens is 1. The van der Waals surface area contributed by atoms with Crippen LogP contribution in [0.1, 0.15) is 56.1 Å². The van der Waals surface area contributed by atoms with Gasteiger partial charge in [-0.3, -0.25) is 4.79 Å². The molecule has 2 aromatic rings. The van der Waals surface area contributed by atoms with Gasteiger partial charge in [0.25, 0.3) is 5.91 Å². The zero-order valence-corrected chi connectivity index (χ0v) is 19.7. The quantitative estimate of drug-likeness (QED) is 0.565. The van der Waals surface area contributed by atoms with Crippen molar-refractivity contribution in [1.82, 2.24) is 15.6 Å². The smallest absolute Gasteiger partial charge is 0.407 e. The SMILES string of the molecule is CSOC[C@H]1CC[C@H](NC(=O)c2cc3cc(C)ccc3[nH]2)[C@H](NC(=O)OC(C)(C)C)C1. The maximum Gasteiger partial charge on any atom is 0.407 e. The van der Waals surface area contributed by atoms with Crippen LogP contribution in [0.15, 0.2) is 24.3 Å². The van der Waals surface area contributed by atoms with Crippen molar-refractivity contribution < 1.29 is 18.5 Å². The van der Waals surface area contributed by atoms with Gasteiger partial charge in [0.05, 0.1) is 12.6 Å². The summed E-state index contributed by atoms with van der Waals surface area (Å²) in [5.74, 6) is 0.144. The molecule has 1 aliphatic rings. The molecule has 0 spiro atoms. The molecule has 3 rings (SSSR count). The number of amides is 2. The van der Waals surface area contributed by atoms with E-state index in [1.165, 1.54) is 12.0 Å². The largest absolute Gasteiger partial charge is 0.444 e. The standard InChI is InChI=1S/C23H33N3O4S/c1-14-6-8-17-16(10-14)12-20(24-17)21(27)25-18-9-7-15(13-29-31-5)11-19(18)26-22(28)30-23(2,3)4/h6,8,10,12,15,18-19,24H,7,9,11,13H2,1-5H3,(H,25,27)(H,26,28)/t15-,18-,19+/m0/s1. The molecule has 170 valence electrons. The fourth-order valence-corrected chi connectivity index (χ4v) is 4.31. The van der Waals surface area contributed by atoms with Crippen molar-refractivity contribution in [3.8, 4) is 0 Å². The number of hydrogen-bond acceptors (Lipinski definition) is 5. The van der Waals surface area contributed by atoms with Gasteiger partial charge in [0.15, 0.2) is 0 Å². The average Bonchev–Trinajstić information content (AvgIpc) is 3.09. The highest BCUT2D eigenvalue weighted by Gasteiger charge is 2.34. The number of nitrogens with one attached hydrogen (secondary N) is 3. The van der Waals surface area contributed by atoms with E-state index in [1.54, 1.807) is 0 Å². The van der Waals surface area contributed by atoms with Gasteiger partial charge in [-0.2, -0.15) is 0 Å². The number of aryl methyl sites for hydroxylation is 1. The molecule has 1 aromatic carbocycles. The number of carbonyl (C=O) groups excluding carboxylic acids is 2. The lowest BCUT2D eigenvalue weighted by molar-refractivity contribution is 0.0453. The second-order valence-electron chi connectivity index (χ2n) is 9.24. The summed E-state index contributed by atoms with van der Waals surface area (Å²) in [5.41, 5.74) is 2.01. The maximum absolute atomic E-state index is 13.0. The molecule has 0 unspecified atom stereocenters. The predicted octanol–water partition coefficient (Wildman–Crippen LogP) is 4.56. The van der Waals surface area contributed by atoms with Gasteiger partial charge in [0.2, 0.25) is 0 Å². The minimum Gasteiger partial charge on any atom is -0.444 e. The van der Waals surface area contributed by atoms with E-state index in [9.17, 15) is 9.59 Å². The summed E-state index contributed by atoms with van der Waals surface area (Å²) >= 11 is 1.34. The van der Waals surface area contributed by atoms with Crippen LogP contribution in [0.5, 0.6) is 0 Å². The van der Waals surface area contributed by atoms with Gasteiger partial charge in [0, 0.05) is 23.2 Å². The summed E-state index contributed by atoms with van der Waals surface area (Å²) in [4.78, 5) is 28.6. The molecule has 0 saturated heterocycles. The minimum absolute atomic E-state index is 0.173. The Balaban J connectivity index is 1.70. The normalized spacial score (nSPS) is 21.6. The molecule has 2 amide bonds. The second kappa shape index (κ2) is 9.96. The van der Waals surface area contributed by atoms with Crippen molar-refractivity contribution in [3.05, 3.63) is 35.5 Å².